The van der Waals surface area contributed by atoms with E-state index in [2.05, 4.69) is 29.0 Å². The molecule has 0 bridgehead atoms. The molecule has 7 heteroatoms. The van der Waals surface area contributed by atoms with Crippen molar-refractivity contribution < 1.29 is 19.1 Å². The molecule has 2 fully saturated rings. The third-order valence-corrected chi connectivity index (χ3v) is 6.19. The molecule has 3 aliphatic rings. The monoisotopic (exact) mass is 413 g/mol. The van der Waals surface area contributed by atoms with Gasteiger partial charge >= 0.3 is 6.09 Å². The van der Waals surface area contributed by atoms with Crippen LogP contribution in [-0.4, -0.2) is 59.7 Å². The maximum atomic E-state index is 13.0. The van der Waals surface area contributed by atoms with Gasteiger partial charge in [-0.05, 0) is 51.3 Å². The van der Waals surface area contributed by atoms with Crippen LogP contribution in [0.15, 0.2) is 36.3 Å². The fourth-order valence-electron chi connectivity index (χ4n) is 3.94. The number of rotatable bonds is 5. The number of likely N-dealkylation sites (tertiary alicyclic amines) is 1. The summed E-state index contributed by atoms with van der Waals surface area (Å²) in [6.07, 6.45) is 12.9. The highest BCUT2D eigenvalue weighted by Gasteiger charge is 2.45. The van der Waals surface area contributed by atoms with E-state index in [1.165, 1.54) is 4.90 Å². The molecule has 2 heterocycles. The van der Waals surface area contributed by atoms with Crippen LogP contribution in [0.3, 0.4) is 0 Å². The van der Waals surface area contributed by atoms with Crippen molar-refractivity contribution in [3.8, 4) is 11.8 Å². The topological polar surface area (TPSA) is 71.1 Å². The van der Waals surface area contributed by atoms with Crippen molar-refractivity contribution in [1.29, 1.82) is 0 Å². The first-order valence-corrected chi connectivity index (χ1v) is 10.5. The van der Waals surface area contributed by atoms with Gasteiger partial charge in [0.1, 0.15) is 5.60 Å². The van der Waals surface area contributed by atoms with Gasteiger partial charge in [-0.25, -0.2) is 4.79 Å². The number of ether oxygens (including phenoxy) is 2. The van der Waals surface area contributed by atoms with Crippen LogP contribution < -0.4 is 5.32 Å². The number of piperidine rings is 1. The number of methoxy groups -OCH3 is 1. The second-order valence-electron chi connectivity index (χ2n) is 8.19. The van der Waals surface area contributed by atoms with Crippen molar-refractivity contribution >= 4 is 12.0 Å². The number of amides is 2. The van der Waals surface area contributed by atoms with Gasteiger partial charge in [0.25, 0.3) is 5.91 Å². The largest absolute Gasteiger partial charge is 0.436 e. The summed E-state index contributed by atoms with van der Waals surface area (Å²) < 4.78 is 10.8. The fourth-order valence-corrected chi connectivity index (χ4v) is 3.94. The first-order chi connectivity index (χ1) is 14.4. The second kappa shape index (κ2) is 9.40. The molecular weight excluding hydrogens is 382 g/mol. The van der Waals surface area contributed by atoms with Crippen molar-refractivity contribution in [2.75, 3.05) is 26.8 Å². The molecule has 0 aromatic carbocycles. The molecule has 0 spiro atoms. The predicted octanol–water partition coefficient (Wildman–Crippen LogP) is 2.91. The normalized spacial score (nSPS) is 21.5. The Kier molecular flexibility index (Phi) is 6.88. The molecule has 2 amide bonds. The van der Waals surface area contributed by atoms with Gasteiger partial charge in [0.05, 0.1) is 0 Å². The Hall–Kier alpha value is -2.72. The molecule has 162 valence electrons. The maximum Gasteiger partial charge on any atom is 0.418 e. The average Bonchev–Trinajstić information content (AvgIpc) is 2.99. The van der Waals surface area contributed by atoms with Crippen molar-refractivity contribution in [2.45, 2.75) is 57.1 Å². The lowest BCUT2D eigenvalue weighted by atomic mass is 9.77. The van der Waals surface area contributed by atoms with Gasteiger partial charge in [0.15, 0.2) is 6.61 Å². The number of hydrogen-bond donors (Lipinski definition) is 1. The molecule has 0 atom stereocenters. The van der Waals surface area contributed by atoms with Gasteiger partial charge in [-0.2, -0.15) is 0 Å². The van der Waals surface area contributed by atoms with E-state index in [1.807, 2.05) is 18.2 Å². The predicted molar refractivity (Wildman–Crippen MR) is 114 cm³/mol. The molecule has 0 radical (unpaired) electrons. The van der Waals surface area contributed by atoms with Gasteiger partial charge in [-0.3, -0.25) is 9.69 Å². The van der Waals surface area contributed by atoms with Crippen LogP contribution in [0.5, 0.6) is 0 Å². The number of allylic oxidation sites excluding steroid dienone is 3. The average molecular weight is 414 g/mol. The molecule has 0 unspecified atom stereocenters. The minimum Gasteiger partial charge on any atom is -0.436 e. The first kappa shape index (κ1) is 22.0. The van der Waals surface area contributed by atoms with E-state index in [1.54, 1.807) is 26.4 Å². The van der Waals surface area contributed by atoms with Crippen LogP contribution >= 0.6 is 0 Å². The number of carbonyl (C=O) groups excluding carboxylic acids is 2. The number of carbonyl (C=O) groups is 2. The Morgan fingerprint density at radius 3 is 2.53 bits per heavy atom. The van der Waals surface area contributed by atoms with Gasteiger partial charge in [-0.1, -0.05) is 5.92 Å². The summed E-state index contributed by atoms with van der Waals surface area (Å²) in [6, 6.07) is 0. The molecule has 0 aromatic heterocycles. The molecule has 2 aliphatic heterocycles. The van der Waals surface area contributed by atoms with Crippen LogP contribution in [0.25, 0.3) is 0 Å². The van der Waals surface area contributed by atoms with Crippen molar-refractivity contribution in [3.63, 3.8) is 0 Å². The quantitative estimate of drug-likeness (QED) is 0.702. The molecule has 30 heavy (non-hydrogen) atoms. The smallest absolute Gasteiger partial charge is 0.418 e. The molecule has 1 saturated heterocycles. The highest BCUT2D eigenvalue weighted by Crippen LogP contribution is 2.34. The third kappa shape index (κ3) is 4.88. The highest BCUT2D eigenvalue weighted by molar-refractivity contribution is 5.86. The molecule has 1 saturated carbocycles. The van der Waals surface area contributed by atoms with Gasteiger partial charge in [0, 0.05) is 56.7 Å². The number of nitrogens with one attached hydrogen (secondary N) is 1. The summed E-state index contributed by atoms with van der Waals surface area (Å²) in [5.74, 6) is 5.39. The highest BCUT2D eigenvalue weighted by atomic mass is 16.6. The molecule has 0 aromatic rings. The SMILES string of the molecule is CC#CCOC(=O)N1C=CC=C(N2CCC(OC)(C(=O)NC3(C)CCC3)CC2)C=C1. The van der Waals surface area contributed by atoms with Crippen molar-refractivity contribution in [3.05, 3.63) is 36.3 Å². The Labute approximate surface area is 178 Å². The van der Waals surface area contributed by atoms with E-state index in [4.69, 9.17) is 9.47 Å². The van der Waals surface area contributed by atoms with Crippen LogP contribution in [-0.2, 0) is 14.3 Å². The summed E-state index contributed by atoms with van der Waals surface area (Å²) in [5, 5.41) is 3.21. The maximum absolute atomic E-state index is 13.0. The van der Waals surface area contributed by atoms with E-state index in [0.717, 1.165) is 25.0 Å². The Bertz CT molecular complexity index is 806. The van der Waals surface area contributed by atoms with Crippen LogP contribution in [0, 0.1) is 11.8 Å². The minimum atomic E-state index is -0.782. The Balaban J connectivity index is 1.57. The zero-order valence-corrected chi connectivity index (χ0v) is 18.1. The van der Waals surface area contributed by atoms with Gasteiger partial charge < -0.3 is 19.7 Å². The molecule has 1 aliphatic carbocycles. The van der Waals surface area contributed by atoms with Gasteiger partial charge in [-0.15, -0.1) is 5.92 Å². The van der Waals surface area contributed by atoms with Crippen LogP contribution in [0.4, 0.5) is 4.79 Å². The Morgan fingerprint density at radius 2 is 1.93 bits per heavy atom. The molecular formula is C23H31N3O4. The summed E-state index contributed by atoms with van der Waals surface area (Å²) >= 11 is 0. The van der Waals surface area contributed by atoms with Crippen LogP contribution in [0.2, 0.25) is 0 Å². The lowest BCUT2D eigenvalue weighted by Crippen LogP contribution is -2.61. The Morgan fingerprint density at radius 1 is 1.20 bits per heavy atom. The van der Waals surface area contributed by atoms with E-state index in [-0.39, 0.29) is 18.1 Å². The zero-order chi connectivity index (χ0) is 21.6. The van der Waals surface area contributed by atoms with Crippen LogP contribution in [0.1, 0.15) is 46.0 Å². The lowest BCUT2D eigenvalue weighted by molar-refractivity contribution is -0.151. The first-order valence-electron chi connectivity index (χ1n) is 10.5. The molecule has 1 N–H and O–H groups in total. The minimum absolute atomic E-state index is 0.00114. The number of hydrogen-bond acceptors (Lipinski definition) is 5. The standard InChI is InChI=1S/C23H31N3O4/c1-4-5-18-30-21(28)26-14-6-8-19(9-15-26)25-16-12-23(29-3,13-17-25)20(27)24-22(2)10-7-11-22/h6,8-9,14-15H,7,10-13,16-18H2,1-3H3,(H,24,27). The summed E-state index contributed by atoms with van der Waals surface area (Å²) in [5.41, 5.74) is 0.111. The molecule has 3 rings (SSSR count). The second-order valence-corrected chi connectivity index (χ2v) is 8.19. The summed E-state index contributed by atoms with van der Waals surface area (Å²) in [7, 11) is 1.62. The zero-order valence-electron chi connectivity index (χ0n) is 18.1. The third-order valence-electron chi connectivity index (χ3n) is 6.19. The summed E-state index contributed by atoms with van der Waals surface area (Å²) in [4.78, 5) is 28.6. The lowest BCUT2D eigenvalue weighted by Gasteiger charge is -2.45. The van der Waals surface area contributed by atoms with Crippen molar-refractivity contribution in [1.82, 2.24) is 15.1 Å². The van der Waals surface area contributed by atoms with E-state index >= 15 is 0 Å². The molecule has 7 nitrogen and oxygen atoms in total. The van der Waals surface area contributed by atoms with Gasteiger partial charge in [0.2, 0.25) is 0 Å². The fraction of sp³-hybridized carbons (Fsp3) is 0.565. The summed E-state index contributed by atoms with van der Waals surface area (Å²) in [6.45, 7) is 5.26. The van der Waals surface area contributed by atoms with E-state index in [0.29, 0.717) is 25.9 Å². The van der Waals surface area contributed by atoms with Crippen molar-refractivity contribution in [2.24, 2.45) is 0 Å². The van der Waals surface area contributed by atoms with E-state index in [9.17, 15) is 9.59 Å². The van der Waals surface area contributed by atoms with E-state index < -0.39 is 11.7 Å². The number of nitrogens with zero attached hydrogens (tertiary/aromatic N) is 2.